The second-order valence-electron chi connectivity index (χ2n) is 9.04. The smallest absolute Gasteiger partial charge is 0.323 e. The number of carboxylic acid groups (broad SMARTS) is 1. The Bertz CT molecular complexity index is 1230. The minimum atomic E-state index is -1.07. The van der Waals surface area contributed by atoms with E-state index in [0.717, 1.165) is 16.7 Å². The van der Waals surface area contributed by atoms with E-state index in [-0.39, 0.29) is 18.3 Å². The molecule has 1 N–H and O–H groups in total. The molecule has 1 heterocycles. The Kier molecular flexibility index (Phi) is 7.05. The third kappa shape index (κ3) is 5.80. The van der Waals surface area contributed by atoms with Crippen LogP contribution in [0, 0.1) is 5.82 Å². The van der Waals surface area contributed by atoms with Crippen molar-refractivity contribution in [2.45, 2.75) is 31.8 Å². The van der Waals surface area contributed by atoms with E-state index in [1.807, 2.05) is 31.2 Å². The fourth-order valence-corrected chi connectivity index (χ4v) is 4.55. The average molecular weight is 478 g/mol. The van der Waals surface area contributed by atoms with Crippen molar-refractivity contribution in [2.75, 3.05) is 20.2 Å². The number of benzene rings is 3. The molecule has 35 heavy (non-hydrogen) atoms. The van der Waals surface area contributed by atoms with E-state index in [2.05, 4.69) is 0 Å². The molecule has 0 saturated carbocycles. The average Bonchev–Trinajstić information content (AvgIpc) is 3.17. The van der Waals surface area contributed by atoms with Gasteiger partial charge in [0.2, 0.25) is 0 Å². The molecule has 0 aromatic heterocycles. The predicted octanol–water partition coefficient (Wildman–Crippen LogP) is 4.54. The number of methoxy groups -OCH3 is 1. The van der Waals surface area contributed by atoms with Crippen molar-refractivity contribution in [2.24, 2.45) is 0 Å². The van der Waals surface area contributed by atoms with E-state index in [1.165, 1.54) is 17.0 Å². The number of ether oxygens (including phenoxy) is 2. The number of hydrogen-bond acceptors (Lipinski definition) is 4. The highest BCUT2D eigenvalue weighted by atomic mass is 19.1. The fraction of sp³-hybridized carbons (Fsp3) is 0.286. The highest BCUT2D eigenvalue weighted by Crippen LogP contribution is 2.37. The molecule has 7 heteroatoms. The van der Waals surface area contributed by atoms with Gasteiger partial charge in [0.1, 0.15) is 29.5 Å². The summed E-state index contributed by atoms with van der Waals surface area (Å²) in [7, 11) is 1.58. The van der Waals surface area contributed by atoms with Crippen molar-refractivity contribution < 1.29 is 28.6 Å². The molecule has 3 aromatic rings. The van der Waals surface area contributed by atoms with Gasteiger partial charge in [-0.25, -0.2) is 4.39 Å². The first-order valence-corrected chi connectivity index (χ1v) is 11.5. The fourth-order valence-electron chi connectivity index (χ4n) is 4.55. The number of hydrogen-bond donors (Lipinski definition) is 1. The number of carbonyl (C=O) groups excluding carboxylic acids is 1. The van der Waals surface area contributed by atoms with Crippen molar-refractivity contribution in [3.05, 3.63) is 94.8 Å². The Hall–Kier alpha value is -3.87. The van der Waals surface area contributed by atoms with Crippen molar-refractivity contribution >= 4 is 11.9 Å². The molecule has 0 radical (unpaired) electrons. The van der Waals surface area contributed by atoms with Gasteiger partial charge in [-0.15, -0.1) is 0 Å². The molecule has 1 aliphatic rings. The molecule has 1 aliphatic heterocycles. The van der Waals surface area contributed by atoms with Crippen LogP contribution in [0.1, 0.15) is 34.0 Å². The van der Waals surface area contributed by atoms with E-state index < -0.39 is 18.1 Å². The maximum Gasteiger partial charge on any atom is 0.323 e. The largest absolute Gasteiger partial charge is 0.496 e. The number of carbonyl (C=O) groups is 2. The van der Waals surface area contributed by atoms with Gasteiger partial charge >= 0.3 is 5.97 Å². The molecule has 1 atom stereocenters. The predicted molar refractivity (Wildman–Crippen MR) is 130 cm³/mol. The first-order chi connectivity index (χ1) is 16.8. The molecule has 1 amide bonds. The number of carboxylic acids is 1. The van der Waals surface area contributed by atoms with Gasteiger partial charge in [-0.2, -0.15) is 0 Å². The van der Waals surface area contributed by atoms with E-state index >= 15 is 0 Å². The van der Waals surface area contributed by atoms with E-state index in [9.17, 15) is 19.1 Å². The highest BCUT2D eigenvalue weighted by Gasteiger charge is 2.35. The molecule has 6 nitrogen and oxygen atoms in total. The Morgan fingerprint density at radius 2 is 1.86 bits per heavy atom. The number of fused-ring (bicyclic) bond motifs is 1. The lowest BCUT2D eigenvalue weighted by molar-refractivity contribution is -0.137. The van der Waals surface area contributed by atoms with Crippen molar-refractivity contribution in [3.8, 4) is 11.5 Å². The van der Waals surface area contributed by atoms with Gasteiger partial charge in [-0.05, 0) is 66.4 Å². The van der Waals surface area contributed by atoms with Crippen LogP contribution in [-0.2, 0) is 24.1 Å². The minimum Gasteiger partial charge on any atom is -0.496 e. The van der Waals surface area contributed by atoms with Gasteiger partial charge < -0.3 is 19.5 Å². The molecule has 0 fully saturated rings. The van der Waals surface area contributed by atoms with Crippen LogP contribution in [0.5, 0.6) is 11.5 Å². The van der Waals surface area contributed by atoms with Crippen molar-refractivity contribution in [3.63, 3.8) is 0 Å². The zero-order valence-electron chi connectivity index (χ0n) is 19.8. The lowest BCUT2D eigenvalue weighted by Crippen LogP contribution is -2.37. The monoisotopic (exact) mass is 477 g/mol. The van der Waals surface area contributed by atoms with E-state index in [1.54, 1.807) is 37.4 Å². The number of amides is 1. The van der Waals surface area contributed by atoms with Crippen LogP contribution in [0.2, 0.25) is 0 Å². The van der Waals surface area contributed by atoms with Gasteiger partial charge in [0, 0.05) is 24.9 Å². The van der Waals surface area contributed by atoms with Crippen LogP contribution in [0.25, 0.3) is 0 Å². The standard InChI is InChI=1S/C28H28FNO5/c1-28(16-19-7-10-23(29)11-8-19)17-22-15-21(9-12-25(22)35-28)27(33)30(18-26(31)32)14-13-20-5-3-4-6-24(20)34-2/h3-12,15H,13-14,16-18H2,1-2H3,(H,31,32)/t28-/m0/s1. The number of aliphatic carboxylic acids is 1. The zero-order chi connectivity index (χ0) is 25.0. The molecule has 0 aliphatic carbocycles. The van der Waals surface area contributed by atoms with Crippen molar-refractivity contribution in [1.29, 1.82) is 0 Å². The number of nitrogens with zero attached hydrogens (tertiary/aromatic N) is 1. The molecule has 0 unspecified atom stereocenters. The zero-order valence-corrected chi connectivity index (χ0v) is 19.8. The van der Waals surface area contributed by atoms with E-state index in [0.29, 0.717) is 36.3 Å². The Morgan fingerprint density at radius 1 is 1.11 bits per heavy atom. The topological polar surface area (TPSA) is 76.1 Å². The summed E-state index contributed by atoms with van der Waals surface area (Å²) in [5, 5.41) is 9.40. The Balaban J connectivity index is 1.49. The molecule has 4 rings (SSSR count). The third-order valence-corrected chi connectivity index (χ3v) is 6.18. The second kappa shape index (κ2) is 10.2. The lowest BCUT2D eigenvalue weighted by atomic mass is 9.91. The summed E-state index contributed by atoms with van der Waals surface area (Å²) in [6, 6.07) is 19.0. The number of para-hydroxylation sites is 1. The van der Waals surface area contributed by atoms with Crippen LogP contribution < -0.4 is 9.47 Å². The lowest BCUT2D eigenvalue weighted by Gasteiger charge is -2.24. The summed E-state index contributed by atoms with van der Waals surface area (Å²) >= 11 is 0. The molecule has 0 saturated heterocycles. The summed E-state index contributed by atoms with van der Waals surface area (Å²) in [6.45, 7) is 1.83. The van der Waals surface area contributed by atoms with Gasteiger partial charge in [0.15, 0.2) is 0 Å². The quantitative estimate of drug-likeness (QED) is 0.490. The van der Waals surface area contributed by atoms with Crippen molar-refractivity contribution in [1.82, 2.24) is 4.90 Å². The van der Waals surface area contributed by atoms with Crippen LogP contribution in [0.15, 0.2) is 66.7 Å². The maximum absolute atomic E-state index is 13.3. The van der Waals surface area contributed by atoms with Gasteiger partial charge in [0.05, 0.1) is 7.11 Å². The highest BCUT2D eigenvalue weighted by molar-refractivity contribution is 5.96. The molecule has 3 aromatic carbocycles. The summed E-state index contributed by atoms with van der Waals surface area (Å²) in [6.07, 6.45) is 1.64. The molecule has 0 spiro atoms. The molecular weight excluding hydrogens is 449 g/mol. The number of halogens is 1. The van der Waals surface area contributed by atoms with Crippen LogP contribution >= 0.6 is 0 Å². The Labute approximate surface area is 203 Å². The molecule has 182 valence electrons. The van der Waals surface area contributed by atoms with Gasteiger partial charge in [-0.1, -0.05) is 30.3 Å². The summed E-state index contributed by atoms with van der Waals surface area (Å²) < 4.78 is 24.8. The first kappa shape index (κ1) is 24.3. The van der Waals surface area contributed by atoms with Gasteiger partial charge in [0.25, 0.3) is 5.91 Å². The molecular formula is C28H28FNO5. The maximum atomic E-state index is 13.3. The summed E-state index contributed by atoms with van der Waals surface area (Å²) in [5.41, 5.74) is 2.64. The van der Waals surface area contributed by atoms with Crippen LogP contribution in [0.3, 0.4) is 0 Å². The summed E-state index contributed by atoms with van der Waals surface area (Å²) in [5.74, 6) is -0.309. The molecule has 0 bridgehead atoms. The summed E-state index contributed by atoms with van der Waals surface area (Å²) in [4.78, 5) is 26.1. The third-order valence-electron chi connectivity index (χ3n) is 6.18. The van der Waals surface area contributed by atoms with Gasteiger partial charge in [-0.3, -0.25) is 9.59 Å². The minimum absolute atomic E-state index is 0.237. The SMILES string of the molecule is COc1ccccc1CCN(CC(=O)O)C(=O)c1ccc2c(c1)C[C@](C)(Cc1ccc(F)cc1)O2. The second-order valence-corrected chi connectivity index (χ2v) is 9.04. The van der Waals surface area contributed by atoms with Crippen LogP contribution in [-0.4, -0.2) is 47.7 Å². The van der Waals surface area contributed by atoms with E-state index in [4.69, 9.17) is 9.47 Å². The first-order valence-electron chi connectivity index (χ1n) is 11.5. The Morgan fingerprint density at radius 3 is 2.57 bits per heavy atom. The van der Waals surface area contributed by atoms with Crippen LogP contribution in [0.4, 0.5) is 4.39 Å². The normalized spacial score (nSPS) is 16.3. The number of rotatable bonds is 9.